The second-order valence-corrected chi connectivity index (χ2v) is 4.39. The Morgan fingerprint density at radius 3 is 2.86 bits per heavy atom. The molecule has 0 aliphatic carbocycles. The highest BCUT2D eigenvalue weighted by Crippen LogP contribution is 2.19. The molecule has 0 fully saturated rings. The molecule has 0 radical (unpaired) electrons. The summed E-state index contributed by atoms with van der Waals surface area (Å²) in [5, 5.41) is 5.94. The van der Waals surface area contributed by atoms with Crippen molar-refractivity contribution < 1.29 is 22.7 Å². The van der Waals surface area contributed by atoms with Gasteiger partial charge in [0, 0.05) is 5.02 Å². The molecule has 2 aromatic rings. The number of nitrogens with one attached hydrogen (secondary N) is 1. The van der Waals surface area contributed by atoms with E-state index in [1.165, 1.54) is 10.9 Å². The van der Waals surface area contributed by atoms with E-state index in [4.69, 9.17) is 16.3 Å². The Morgan fingerprint density at radius 1 is 1.43 bits per heavy atom. The van der Waals surface area contributed by atoms with Crippen molar-refractivity contribution in [2.45, 2.75) is 12.9 Å². The molecule has 1 aromatic heterocycles. The standard InChI is InChI=1S/C12H9ClF3N3O2/c13-8-2-1-3-10(4-8)21-7-19-6-9(5-17-19)18-11(20)12(14,15)16/h1-6H,7H2,(H,18,20). The van der Waals surface area contributed by atoms with E-state index in [9.17, 15) is 18.0 Å². The van der Waals surface area contributed by atoms with Crippen LogP contribution in [0.4, 0.5) is 18.9 Å². The largest absolute Gasteiger partial charge is 0.471 e. The molecule has 0 unspecified atom stereocenters. The van der Waals surface area contributed by atoms with Crippen LogP contribution in [0.25, 0.3) is 0 Å². The fraction of sp³-hybridized carbons (Fsp3) is 0.167. The quantitative estimate of drug-likeness (QED) is 0.942. The van der Waals surface area contributed by atoms with Crippen LogP contribution in [0, 0.1) is 0 Å². The van der Waals surface area contributed by atoms with Gasteiger partial charge in [0.2, 0.25) is 0 Å². The summed E-state index contributed by atoms with van der Waals surface area (Å²) in [6.07, 6.45) is -2.64. The summed E-state index contributed by atoms with van der Waals surface area (Å²) in [7, 11) is 0. The lowest BCUT2D eigenvalue weighted by Crippen LogP contribution is -2.29. The first-order valence-corrected chi connectivity index (χ1v) is 6.01. The fourth-order valence-corrected chi connectivity index (χ4v) is 1.58. The average molecular weight is 320 g/mol. The Morgan fingerprint density at radius 2 is 2.19 bits per heavy atom. The maximum Gasteiger partial charge on any atom is 0.471 e. The van der Waals surface area contributed by atoms with Crippen LogP contribution in [0.1, 0.15) is 0 Å². The molecule has 1 N–H and O–H groups in total. The third kappa shape index (κ3) is 4.38. The van der Waals surface area contributed by atoms with Crippen molar-refractivity contribution in [1.29, 1.82) is 0 Å². The molecule has 0 spiro atoms. The monoisotopic (exact) mass is 319 g/mol. The maximum atomic E-state index is 12.1. The van der Waals surface area contributed by atoms with Crippen LogP contribution in [0.2, 0.25) is 5.02 Å². The van der Waals surface area contributed by atoms with Gasteiger partial charge in [0.1, 0.15) is 5.75 Å². The van der Waals surface area contributed by atoms with Crippen LogP contribution in [-0.4, -0.2) is 21.9 Å². The Kier molecular flexibility index (Phi) is 4.37. The van der Waals surface area contributed by atoms with Crippen molar-refractivity contribution in [3.05, 3.63) is 41.7 Å². The molecule has 0 saturated carbocycles. The number of alkyl halides is 3. The molecule has 0 atom stereocenters. The highest BCUT2D eigenvalue weighted by Gasteiger charge is 2.38. The van der Waals surface area contributed by atoms with Crippen LogP contribution in [0.15, 0.2) is 36.7 Å². The molecular weight excluding hydrogens is 311 g/mol. The van der Waals surface area contributed by atoms with Crippen molar-refractivity contribution >= 4 is 23.2 Å². The topological polar surface area (TPSA) is 56.2 Å². The predicted octanol–water partition coefficient (Wildman–Crippen LogP) is 3.07. The lowest BCUT2D eigenvalue weighted by Gasteiger charge is -2.06. The van der Waals surface area contributed by atoms with Gasteiger partial charge in [0.15, 0.2) is 6.73 Å². The molecule has 1 amide bonds. The van der Waals surface area contributed by atoms with Gasteiger partial charge in [-0.05, 0) is 18.2 Å². The molecule has 0 aliphatic heterocycles. The van der Waals surface area contributed by atoms with Crippen molar-refractivity contribution in [1.82, 2.24) is 9.78 Å². The smallest absolute Gasteiger partial charge is 0.471 e. The van der Waals surface area contributed by atoms with Crippen molar-refractivity contribution in [3.8, 4) is 5.75 Å². The van der Waals surface area contributed by atoms with E-state index in [0.29, 0.717) is 10.8 Å². The summed E-state index contributed by atoms with van der Waals surface area (Å²) < 4.78 is 42.8. The van der Waals surface area contributed by atoms with Crippen molar-refractivity contribution in [3.63, 3.8) is 0 Å². The number of carbonyl (C=O) groups excluding carboxylic acids is 1. The van der Waals surface area contributed by atoms with Crippen LogP contribution < -0.4 is 10.1 Å². The summed E-state index contributed by atoms with van der Waals surface area (Å²) in [5.41, 5.74) is -0.0768. The van der Waals surface area contributed by atoms with Crippen molar-refractivity contribution in [2.75, 3.05) is 5.32 Å². The van der Waals surface area contributed by atoms with Gasteiger partial charge in [-0.25, -0.2) is 4.68 Å². The van der Waals surface area contributed by atoms with E-state index in [2.05, 4.69) is 5.10 Å². The molecule has 9 heteroatoms. The van der Waals surface area contributed by atoms with Gasteiger partial charge >= 0.3 is 12.1 Å². The minimum atomic E-state index is -4.95. The van der Waals surface area contributed by atoms with Gasteiger partial charge in [0.25, 0.3) is 0 Å². The van der Waals surface area contributed by atoms with Crippen LogP contribution in [0.3, 0.4) is 0 Å². The SMILES string of the molecule is O=C(Nc1cnn(COc2cccc(Cl)c2)c1)C(F)(F)F. The lowest BCUT2D eigenvalue weighted by atomic mass is 10.3. The van der Waals surface area contributed by atoms with Gasteiger partial charge in [-0.3, -0.25) is 4.79 Å². The maximum absolute atomic E-state index is 12.1. The number of carbonyl (C=O) groups is 1. The number of benzene rings is 1. The van der Waals surface area contributed by atoms with E-state index >= 15 is 0 Å². The zero-order chi connectivity index (χ0) is 15.5. The Balaban J connectivity index is 1.93. The van der Waals surface area contributed by atoms with Crippen LogP contribution in [0.5, 0.6) is 5.75 Å². The third-order valence-electron chi connectivity index (χ3n) is 2.31. The molecule has 0 saturated heterocycles. The number of amides is 1. The number of ether oxygens (including phenoxy) is 1. The van der Waals surface area contributed by atoms with E-state index in [0.717, 1.165) is 6.20 Å². The second-order valence-electron chi connectivity index (χ2n) is 3.95. The van der Waals surface area contributed by atoms with Crippen LogP contribution >= 0.6 is 11.6 Å². The van der Waals surface area contributed by atoms with Gasteiger partial charge in [-0.1, -0.05) is 17.7 Å². The number of rotatable bonds is 4. The van der Waals surface area contributed by atoms with Gasteiger partial charge < -0.3 is 10.1 Å². The molecule has 1 heterocycles. The van der Waals surface area contributed by atoms with E-state index in [1.807, 2.05) is 0 Å². The number of nitrogens with zero attached hydrogens (tertiary/aromatic N) is 2. The summed E-state index contributed by atoms with van der Waals surface area (Å²) in [5.74, 6) is -1.57. The van der Waals surface area contributed by atoms with Gasteiger partial charge in [-0.15, -0.1) is 0 Å². The zero-order valence-electron chi connectivity index (χ0n) is 10.4. The lowest BCUT2D eigenvalue weighted by molar-refractivity contribution is -0.167. The Bertz CT molecular complexity index is 643. The summed E-state index contributed by atoms with van der Waals surface area (Å²) in [4.78, 5) is 10.7. The predicted molar refractivity (Wildman–Crippen MR) is 69.0 cm³/mol. The van der Waals surface area contributed by atoms with Crippen LogP contribution in [-0.2, 0) is 11.5 Å². The summed E-state index contributed by atoms with van der Waals surface area (Å²) >= 11 is 5.77. The molecule has 1 aromatic carbocycles. The normalized spacial score (nSPS) is 11.2. The highest BCUT2D eigenvalue weighted by atomic mass is 35.5. The Labute approximate surface area is 122 Å². The third-order valence-corrected chi connectivity index (χ3v) is 2.54. The number of aromatic nitrogens is 2. The van der Waals surface area contributed by atoms with E-state index < -0.39 is 12.1 Å². The minimum Gasteiger partial charge on any atom is -0.471 e. The molecule has 2 rings (SSSR count). The molecule has 112 valence electrons. The molecule has 21 heavy (non-hydrogen) atoms. The average Bonchev–Trinajstić information content (AvgIpc) is 2.83. The first-order valence-electron chi connectivity index (χ1n) is 5.63. The van der Waals surface area contributed by atoms with Gasteiger partial charge in [-0.2, -0.15) is 18.3 Å². The summed E-state index contributed by atoms with van der Waals surface area (Å²) in [6, 6.07) is 6.61. The molecule has 5 nitrogen and oxygen atoms in total. The first-order chi connectivity index (χ1) is 9.84. The number of hydrogen-bond acceptors (Lipinski definition) is 3. The van der Waals surface area contributed by atoms with Gasteiger partial charge in [0.05, 0.1) is 18.1 Å². The van der Waals surface area contributed by atoms with E-state index in [1.54, 1.807) is 29.6 Å². The second kappa shape index (κ2) is 6.04. The number of anilines is 1. The Hall–Kier alpha value is -2.22. The summed E-state index contributed by atoms with van der Waals surface area (Å²) in [6.45, 7) is -0.0395. The number of halogens is 4. The number of hydrogen-bond donors (Lipinski definition) is 1. The zero-order valence-corrected chi connectivity index (χ0v) is 11.1. The van der Waals surface area contributed by atoms with Crippen molar-refractivity contribution in [2.24, 2.45) is 0 Å². The molecule has 0 aliphatic rings. The fourth-order valence-electron chi connectivity index (χ4n) is 1.40. The highest BCUT2D eigenvalue weighted by molar-refractivity contribution is 6.30. The van der Waals surface area contributed by atoms with E-state index in [-0.39, 0.29) is 12.4 Å². The molecular formula is C12H9ClF3N3O2. The minimum absolute atomic E-state index is 0.0395. The first kappa shape index (κ1) is 15.2. The molecule has 0 bridgehead atoms.